The van der Waals surface area contributed by atoms with Gasteiger partial charge in [-0.2, -0.15) is 0 Å². The normalized spacial score (nSPS) is 16.9. The molecule has 6 heteroatoms. The molecule has 0 aliphatic carbocycles. The lowest BCUT2D eigenvalue weighted by atomic mass is 10.1. The fourth-order valence-electron chi connectivity index (χ4n) is 2.25. The summed E-state index contributed by atoms with van der Waals surface area (Å²) in [6, 6.07) is 8.14. The van der Waals surface area contributed by atoms with E-state index in [1.165, 1.54) is 17.4 Å². The minimum absolute atomic E-state index is 0.0456. The van der Waals surface area contributed by atoms with Crippen LogP contribution in [0.3, 0.4) is 0 Å². The second-order valence-corrected chi connectivity index (χ2v) is 6.21. The number of rotatable bonds is 2. The summed E-state index contributed by atoms with van der Waals surface area (Å²) in [5.74, 6) is -1.29. The van der Waals surface area contributed by atoms with Crippen LogP contribution >= 0.6 is 11.3 Å². The van der Waals surface area contributed by atoms with Crippen LogP contribution in [-0.2, 0) is 9.59 Å². The van der Waals surface area contributed by atoms with Gasteiger partial charge in [-0.3, -0.25) is 14.9 Å². The van der Waals surface area contributed by atoms with E-state index in [2.05, 4.69) is 5.32 Å². The van der Waals surface area contributed by atoms with E-state index in [4.69, 9.17) is 0 Å². The second kappa shape index (κ2) is 5.81. The van der Waals surface area contributed by atoms with E-state index in [1.807, 2.05) is 25.3 Å². The molecule has 1 aliphatic heterocycles. The number of carbonyl (C=O) groups excluding carboxylic acids is 3. The molecule has 1 saturated heterocycles. The first-order valence-corrected chi connectivity index (χ1v) is 7.87. The fourth-order valence-corrected chi connectivity index (χ4v) is 3.11. The predicted octanol–water partition coefficient (Wildman–Crippen LogP) is 3.03. The maximum absolute atomic E-state index is 12.6. The van der Waals surface area contributed by atoms with Crippen LogP contribution < -0.4 is 10.2 Å². The molecule has 0 atom stereocenters. The lowest BCUT2D eigenvalue weighted by Gasteiger charge is -2.26. The molecule has 1 N–H and O–H groups in total. The number of hydrogen-bond donors (Lipinski definition) is 1. The molecule has 0 unspecified atom stereocenters. The molecule has 0 radical (unpaired) electrons. The Bertz CT molecular complexity index is 834. The fraction of sp³-hybridized carbons (Fsp3) is 0.118. The van der Waals surface area contributed by atoms with Gasteiger partial charge in [0.05, 0.1) is 5.69 Å². The third kappa shape index (κ3) is 2.80. The molecule has 23 heavy (non-hydrogen) atoms. The average Bonchev–Trinajstić information content (AvgIpc) is 2.90. The number of hydrogen-bond acceptors (Lipinski definition) is 4. The van der Waals surface area contributed by atoms with Crippen molar-refractivity contribution in [3.05, 3.63) is 57.3 Å². The van der Waals surface area contributed by atoms with Crippen molar-refractivity contribution in [2.75, 3.05) is 4.90 Å². The van der Waals surface area contributed by atoms with Crippen LogP contribution in [0.5, 0.6) is 0 Å². The molecule has 1 aromatic heterocycles. The van der Waals surface area contributed by atoms with Gasteiger partial charge in [-0.05, 0) is 49.1 Å². The molecule has 116 valence electrons. The topological polar surface area (TPSA) is 66.5 Å². The minimum atomic E-state index is -0.732. The molecule has 2 aromatic rings. The smallest absolute Gasteiger partial charge is 0.273 e. The van der Waals surface area contributed by atoms with E-state index in [1.54, 1.807) is 24.3 Å². The molecule has 0 saturated carbocycles. The van der Waals surface area contributed by atoms with Crippen molar-refractivity contribution >= 4 is 40.9 Å². The predicted molar refractivity (Wildman–Crippen MR) is 89.2 cm³/mol. The highest BCUT2D eigenvalue weighted by atomic mass is 32.1. The summed E-state index contributed by atoms with van der Waals surface area (Å²) < 4.78 is 0. The zero-order chi connectivity index (χ0) is 16.6. The Kier molecular flexibility index (Phi) is 3.83. The van der Waals surface area contributed by atoms with Gasteiger partial charge in [-0.15, -0.1) is 11.3 Å². The van der Waals surface area contributed by atoms with Gasteiger partial charge in [0.2, 0.25) is 0 Å². The molecule has 0 bridgehead atoms. The van der Waals surface area contributed by atoms with Gasteiger partial charge in [0.25, 0.3) is 11.8 Å². The van der Waals surface area contributed by atoms with E-state index >= 15 is 0 Å². The first kappa shape index (κ1) is 15.2. The Labute approximate surface area is 137 Å². The summed E-state index contributed by atoms with van der Waals surface area (Å²) in [4.78, 5) is 38.6. The highest BCUT2D eigenvalue weighted by Crippen LogP contribution is 2.24. The number of imide groups is 2. The third-order valence-electron chi connectivity index (χ3n) is 3.57. The van der Waals surface area contributed by atoms with Crippen molar-refractivity contribution in [1.29, 1.82) is 0 Å². The molecule has 1 aromatic carbocycles. The molecule has 1 aliphatic rings. The van der Waals surface area contributed by atoms with Crippen molar-refractivity contribution in [2.45, 2.75) is 13.8 Å². The van der Waals surface area contributed by atoms with Crippen molar-refractivity contribution in [2.24, 2.45) is 0 Å². The van der Waals surface area contributed by atoms with E-state index < -0.39 is 17.8 Å². The highest BCUT2D eigenvalue weighted by molar-refractivity contribution is 7.11. The molecular weight excluding hydrogens is 312 g/mol. The Morgan fingerprint density at radius 2 is 1.74 bits per heavy atom. The summed E-state index contributed by atoms with van der Waals surface area (Å²) in [5.41, 5.74) is 2.37. The standard InChI is InChI=1S/C17H14N2O3S/c1-10-3-5-12(6-4-10)19-16(21)13(15(20)18-17(19)22)9-14-11(2)7-8-23-14/h3-9H,1-2H3,(H,18,20,22)/b13-9-. The molecular formula is C17H14N2O3S. The Morgan fingerprint density at radius 1 is 1.04 bits per heavy atom. The van der Waals surface area contributed by atoms with Crippen molar-refractivity contribution < 1.29 is 14.4 Å². The number of barbiturate groups is 1. The van der Waals surface area contributed by atoms with Crippen LogP contribution in [0.2, 0.25) is 0 Å². The maximum Gasteiger partial charge on any atom is 0.335 e. The number of aryl methyl sites for hydroxylation is 2. The Balaban J connectivity index is 2.02. The van der Waals surface area contributed by atoms with Crippen LogP contribution in [0.1, 0.15) is 16.0 Å². The molecule has 1 fully saturated rings. The van der Waals surface area contributed by atoms with Crippen molar-refractivity contribution in [1.82, 2.24) is 5.32 Å². The van der Waals surface area contributed by atoms with Crippen LogP contribution in [0, 0.1) is 13.8 Å². The lowest BCUT2D eigenvalue weighted by molar-refractivity contribution is -0.122. The number of thiophene rings is 1. The van der Waals surface area contributed by atoms with Gasteiger partial charge >= 0.3 is 6.03 Å². The van der Waals surface area contributed by atoms with Gasteiger partial charge in [0, 0.05) is 4.88 Å². The molecule has 0 spiro atoms. The van der Waals surface area contributed by atoms with Crippen LogP contribution in [0.4, 0.5) is 10.5 Å². The van der Waals surface area contributed by atoms with Gasteiger partial charge in [-0.25, -0.2) is 9.69 Å². The van der Waals surface area contributed by atoms with Gasteiger partial charge in [0.15, 0.2) is 0 Å². The van der Waals surface area contributed by atoms with Gasteiger partial charge < -0.3 is 0 Å². The van der Waals surface area contributed by atoms with Crippen LogP contribution in [-0.4, -0.2) is 17.8 Å². The Hall–Kier alpha value is -2.73. The average molecular weight is 326 g/mol. The number of benzene rings is 1. The largest absolute Gasteiger partial charge is 0.335 e. The van der Waals surface area contributed by atoms with E-state index in [0.717, 1.165) is 20.9 Å². The molecule has 2 heterocycles. The highest BCUT2D eigenvalue weighted by Gasteiger charge is 2.36. The summed E-state index contributed by atoms with van der Waals surface area (Å²) in [6.45, 7) is 3.81. The van der Waals surface area contributed by atoms with Crippen molar-refractivity contribution in [3.63, 3.8) is 0 Å². The molecule has 4 amide bonds. The summed E-state index contributed by atoms with van der Waals surface area (Å²) in [5, 5.41) is 4.10. The lowest BCUT2D eigenvalue weighted by Crippen LogP contribution is -2.54. The van der Waals surface area contributed by atoms with Crippen molar-refractivity contribution in [3.8, 4) is 0 Å². The second-order valence-electron chi connectivity index (χ2n) is 5.26. The van der Waals surface area contributed by atoms with Crippen LogP contribution in [0.15, 0.2) is 41.3 Å². The summed E-state index contributed by atoms with van der Waals surface area (Å²) in [6.07, 6.45) is 1.53. The number of urea groups is 1. The first-order valence-electron chi connectivity index (χ1n) is 6.99. The number of anilines is 1. The van der Waals surface area contributed by atoms with Crippen LogP contribution in [0.25, 0.3) is 6.08 Å². The van der Waals surface area contributed by atoms with Gasteiger partial charge in [0.1, 0.15) is 5.57 Å². The number of amides is 4. The number of nitrogens with zero attached hydrogens (tertiary/aromatic N) is 1. The molecule has 5 nitrogen and oxygen atoms in total. The monoisotopic (exact) mass is 326 g/mol. The van der Waals surface area contributed by atoms with E-state index in [-0.39, 0.29) is 5.57 Å². The SMILES string of the molecule is Cc1ccc(N2C(=O)NC(=O)/C(=C/c3sccc3C)C2=O)cc1. The summed E-state index contributed by atoms with van der Waals surface area (Å²) in [7, 11) is 0. The Morgan fingerprint density at radius 3 is 2.35 bits per heavy atom. The zero-order valence-corrected chi connectivity index (χ0v) is 13.4. The van der Waals surface area contributed by atoms with E-state index in [0.29, 0.717) is 5.69 Å². The maximum atomic E-state index is 12.6. The first-order chi connectivity index (χ1) is 11.0. The van der Waals surface area contributed by atoms with E-state index in [9.17, 15) is 14.4 Å². The third-order valence-corrected chi connectivity index (χ3v) is 4.54. The minimum Gasteiger partial charge on any atom is -0.273 e. The zero-order valence-electron chi connectivity index (χ0n) is 12.6. The quantitative estimate of drug-likeness (QED) is 0.681. The number of carbonyl (C=O) groups is 3. The van der Waals surface area contributed by atoms with Gasteiger partial charge in [-0.1, -0.05) is 17.7 Å². The summed E-state index contributed by atoms with van der Waals surface area (Å²) >= 11 is 1.44. The molecule has 3 rings (SSSR count). The number of nitrogens with one attached hydrogen (secondary N) is 1.